The van der Waals surface area contributed by atoms with Gasteiger partial charge in [-0.05, 0) is 26.3 Å². The summed E-state index contributed by atoms with van der Waals surface area (Å²) in [5, 5.41) is 2.07. The number of alkyl halides is 3. The van der Waals surface area contributed by atoms with Gasteiger partial charge in [0.2, 0.25) is 0 Å². The van der Waals surface area contributed by atoms with Crippen LogP contribution in [0.2, 0.25) is 0 Å². The Morgan fingerprint density at radius 3 is 2.09 bits per heavy atom. The van der Waals surface area contributed by atoms with Gasteiger partial charge in [-0.2, -0.15) is 17.9 Å². The fourth-order valence-electron chi connectivity index (χ4n) is 1.47. The molecule has 130 valence electrons. The van der Waals surface area contributed by atoms with Gasteiger partial charge in [0.25, 0.3) is 0 Å². The molecule has 0 saturated heterocycles. The molecule has 0 heterocycles. The van der Waals surface area contributed by atoms with Gasteiger partial charge >= 0.3 is 21.6 Å². The number of amides is 1. The number of ether oxygens (including phenoxy) is 1. The molecule has 0 aliphatic carbocycles. The van der Waals surface area contributed by atoms with Gasteiger partial charge in [0.1, 0.15) is 11.8 Å². The van der Waals surface area contributed by atoms with Crippen molar-refractivity contribution in [1.29, 1.82) is 0 Å². The van der Waals surface area contributed by atoms with Gasteiger partial charge < -0.3 is 10.1 Å². The van der Waals surface area contributed by atoms with E-state index in [-0.39, 0.29) is 5.56 Å². The van der Waals surface area contributed by atoms with Crippen molar-refractivity contribution in [3.8, 4) is 0 Å². The summed E-state index contributed by atoms with van der Waals surface area (Å²) in [7, 11) is -5.65. The van der Waals surface area contributed by atoms with Gasteiger partial charge in [-0.3, -0.25) is 0 Å². The third-order valence-electron chi connectivity index (χ3n) is 2.37. The van der Waals surface area contributed by atoms with Crippen molar-refractivity contribution in [1.82, 2.24) is 10.0 Å². The summed E-state index contributed by atoms with van der Waals surface area (Å²) < 4.78 is 66.4. The Labute approximate surface area is 132 Å². The van der Waals surface area contributed by atoms with Crippen molar-refractivity contribution in [2.45, 2.75) is 38.0 Å². The highest BCUT2D eigenvalue weighted by Gasteiger charge is 2.47. The van der Waals surface area contributed by atoms with E-state index in [1.807, 2.05) is 0 Å². The number of carbonyl (C=O) groups excluding carboxylic acids is 1. The Kier molecular flexibility index (Phi) is 5.65. The Hall–Kier alpha value is -1.81. The maximum atomic E-state index is 12.5. The Balaban J connectivity index is 3.03. The zero-order valence-corrected chi connectivity index (χ0v) is 13.5. The van der Waals surface area contributed by atoms with E-state index >= 15 is 0 Å². The predicted octanol–water partition coefficient (Wildman–Crippen LogP) is 2.65. The van der Waals surface area contributed by atoms with E-state index in [0.29, 0.717) is 0 Å². The fourth-order valence-corrected chi connectivity index (χ4v) is 2.11. The maximum Gasteiger partial charge on any atom is 0.511 e. The molecule has 0 aromatic heterocycles. The van der Waals surface area contributed by atoms with E-state index in [9.17, 15) is 26.4 Å². The number of sulfonamides is 1. The average Bonchev–Trinajstić information content (AvgIpc) is 2.35. The number of nitrogens with one attached hydrogen (secondary N) is 2. The molecule has 0 spiro atoms. The summed E-state index contributed by atoms with van der Waals surface area (Å²) in [6, 6.07) is 7.29. The van der Waals surface area contributed by atoms with Gasteiger partial charge in [-0.15, -0.1) is 0 Å². The lowest BCUT2D eigenvalue weighted by Crippen LogP contribution is -2.46. The number of rotatable bonds is 4. The van der Waals surface area contributed by atoms with Crippen LogP contribution < -0.4 is 10.0 Å². The van der Waals surface area contributed by atoms with Crippen molar-refractivity contribution < 1.29 is 31.1 Å². The molecule has 1 aromatic rings. The van der Waals surface area contributed by atoms with E-state index < -0.39 is 33.4 Å². The molecule has 1 amide bonds. The van der Waals surface area contributed by atoms with Crippen molar-refractivity contribution in [2.75, 3.05) is 0 Å². The van der Waals surface area contributed by atoms with Gasteiger partial charge in [-0.25, -0.2) is 13.2 Å². The molecule has 23 heavy (non-hydrogen) atoms. The molecule has 0 aliphatic rings. The molecular weight excluding hydrogens is 337 g/mol. The smallest absolute Gasteiger partial charge is 0.444 e. The normalized spacial score (nSPS) is 14.2. The molecule has 1 aromatic carbocycles. The lowest BCUT2D eigenvalue weighted by atomic mass is 10.2. The first-order valence-corrected chi connectivity index (χ1v) is 7.93. The average molecular weight is 354 g/mol. The Morgan fingerprint density at radius 1 is 1.13 bits per heavy atom. The summed E-state index contributed by atoms with van der Waals surface area (Å²) in [6.07, 6.45) is -2.69. The zero-order chi connectivity index (χ0) is 17.9. The minimum atomic E-state index is -5.65. The fraction of sp³-hybridized carbons (Fsp3) is 0.462. The van der Waals surface area contributed by atoms with Crippen molar-refractivity contribution >= 4 is 16.1 Å². The monoisotopic (exact) mass is 354 g/mol. The Bertz CT molecular complexity index is 639. The molecule has 0 radical (unpaired) electrons. The highest BCUT2D eigenvalue weighted by molar-refractivity contribution is 7.90. The summed E-state index contributed by atoms with van der Waals surface area (Å²) >= 11 is 0. The minimum absolute atomic E-state index is 0.117. The SMILES string of the molecule is CC(C)(C)OC(=O)NC(NS(=O)(=O)C(F)(F)F)c1ccccc1. The molecule has 0 saturated carbocycles. The number of hydrogen-bond donors (Lipinski definition) is 2. The van der Waals surface area contributed by atoms with Crippen molar-refractivity contribution in [2.24, 2.45) is 0 Å². The molecule has 0 fully saturated rings. The van der Waals surface area contributed by atoms with Gasteiger partial charge in [-0.1, -0.05) is 30.3 Å². The van der Waals surface area contributed by atoms with Crippen LogP contribution in [0.3, 0.4) is 0 Å². The molecule has 0 bridgehead atoms. The van der Waals surface area contributed by atoms with Crippen molar-refractivity contribution in [3.05, 3.63) is 35.9 Å². The molecule has 1 atom stereocenters. The largest absolute Gasteiger partial charge is 0.511 e. The van der Waals surface area contributed by atoms with E-state index in [1.54, 1.807) is 26.8 Å². The molecule has 10 heteroatoms. The van der Waals surface area contributed by atoms with Crippen LogP contribution in [-0.4, -0.2) is 25.6 Å². The van der Waals surface area contributed by atoms with E-state index in [4.69, 9.17) is 4.74 Å². The summed E-state index contributed by atoms with van der Waals surface area (Å²) in [5.41, 5.74) is -6.28. The summed E-state index contributed by atoms with van der Waals surface area (Å²) in [6.45, 7) is 4.68. The van der Waals surface area contributed by atoms with E-state index in [2.05, 4.69) is 5.32 Å². The number of benzene rings is 1. The quantitative estimate of drug-likeness (QED) is 0.814. The van der Waals surface area contributed by atoms with E-state index in [1.165, 1.54) is 29.0 Å². The van der Waals surface area contributed by atoms with Gasteiger partial charge in [0.15, 0.2) is 0 Å². The number of halogens is 3. The van der Waals surface area contributed by atoms with Crippen LogP contribution in [0.1, 0.15) is 32.5 Å². The van der Waals surface area contributed by atoms with Crippen LogP contribution in [-0.2, 0) is 14.8 Å². The molecular formula is C13H17F3N2O4S. The lowest BCUT2D eigenvalue weighted by molar-refractivity contribution is -0.0453. The van der Waals surface area contributed by atoms with Crippen LogP contribution >= 0.6 is 0 Å². The first-order valence-electron chi connectivity index (χ1n) is 6.45. The lowest BCUT2D eigenvalue weighted by Gasteiger charge is -2.24. The molecule has 0 aliphatic heterocycles. The van der Waals surface area contributed by atoms with Crippen LogP contribution in [0.4, 0.5) is 18.0 Å². The predicted molar refractivity (Wildman–Crippen MR) is 76.7 cm³/mol. The number of alkyl carbamates (subject to hydrolysis) is 1. The highest BCUT2D eigenvalue weighted by atomic mass is 32.2. The van der Waals surface area contributed by atoms with Crippen LogP contribution in [0.15, 0.2) is 30.3 Å². The molecule has 1 rings (SSSR count). The van der Waals surface area contributed by atoms with Gasteiger partial charge in [0.05, 0.1) is 0 Å². The first-order chi connectivity index (χ1) is 10.3. The van der Waals surface area contributed by atoms with Crippen LogP contribution in [0, 0.1) is 0 Å². The second-order valence-electron chi connectivity index (χ2n) is 5.56. The molecule has 6 nitrogen and oxygen atoms in total. The standard InChI is InChI=1S/C13H17F3N2O4S/c1-12(2,3)22-11(19)17-10(9-7-5-4-6-8-9)18-23(20,21)13(14,15)16/h4-8,10,18H,1-3H3,(H,17,19). The second kappa shape index (κ2) is 6.75. The third kappa shape index (κ3) is 6.06. The maximum absolute atomic E-state index is 12.5. The number of hydrogen-bond acceptors (Lipinski definition) is 4. The summed E-state index contributed by atoms with van der Waals surface area (Å²) in [4.78, 5) is 11.7. The van der Waals surface area contributed by atoms with Crippen LogP contribution in [0.5, 0.6) is 0 Å². The molecule has 2 N–H and O–H groups in total. The van der Waals surface area contributed by atoms with Crippen LogP contribution in [0.25, 0.3) is 0 Å². The first kappa shape index (κ1) is 19.2. The number of carbonyl (C=O) groups is 1. The Morgan fingerprint density at radius 2 is 1.65 bits per heavy atom. The summed E-state index contributed by atoms with van der Waals surface area (Å²) in [5.74, 6) is 0. The highest BCUT2D eigenvalue weighted by Crippen LogP contribution is 2.24. The second-order valence-corrected chi connectivity index (χ2v) is 7.26. The van der Waals surface area contributed by atoms with Crippen molar-refractivity contribution in [3.63, 3.8) is 0 Å². The topological polar surface area (TPSA) is 84.5 Å². The van der Waals surface area contributed by atoms with Gasteiger partial charge in [0, 0.05) is 0 Å². The molecule has 1 unspecified atom stereocenters. The van der Waals surface area contributed by atoms with E-state index in [0.717, 1.165) is 0 Å². The minimum Gasteiger partial charge on any atom is -0.444 e. The zero-order valence-electron chi connectivity index (χ0n) is 12.6. The third-order valence-corrected chi connectivity index (χ3v) is 3.53.